The Morgan fingerprint density at radius 2 is 1.85 bits per heavy atom. The molecule has 1 aliphatic heterocycles. The van der Waals surface area contributed by atoms with Crippen molar-refractivity contribution in [2.75, 3.05) is 32.8 Å². The van der Waals surface area contributed by atoms with Crippen LogP contribution in [0.4, 0.5) is 0 Å². The van der Waals surface area contributed by atoms with E-state index in [0.29, 0.717) is 6.61 Å². The van der Waals surface area contributed by atoms with Crippen molar-refractivity contribution in [3.63, 3.8) is 0 Å². The average Bonchev–Trinajstić information content (AvgIpc) is 2.47. The summed E-state index contributed by atoms with van der Waals surface area (Å²) in [7, 11) is 0. The van der Waals surface area contributed by atoms with Gasteiger partial charge in [-0.05, 0) is 52.2 Å². The van der Waals surface area contributed by atoms with Crippen LogP contribution in [0.5, 0.6) is 0 Å². The number of rotatable bonds is 8. The molecule has 2 fully saturated rings. The number of likely N-dealkylation sites (tertiary alicyclic amines) is 1. The molecule has 2 N–H and O–H groups in total. The lowest BCUT2D eigenvalue weighted by molar-refractivity contribution is -0.209. The van der Waals surface area contributed by atoms with Crippen molar-refractivity contribution in [1.82, 2.24) is 4.90 Å². The maximum atomic E-state index is 10.2. The third-order valence-electron chi connectivity index (χ3n) is 5.28. The van der Waals surface area contributed by atoms with E-state index in [0.717, 1.165) is 58.3 Å². The molecule has 1 aliphatic carbocycles. The van der Waals surface area contributed by atoms with Crippen LogP contribution in [-0.2, 0) is 4.74 Å². The second kappa shape index (κ2) is 7.74. The Morgan fingerprint density at radius 1 is 1.15 bits per heavy atom. The number of aliphatic hydroxyl groups is 2. The number of ether oxygens (including phenoxy) is 1. The lowest BCUT2D eigenvalue weighted by Crippen LogP contribution is -2.62. The van der Waals surface area contributed by atoms with Gasteiger partial charge in [0.1, 0.15) is 0 Å². The maximum Gasteiger partial charge on any atom is 0.0681 e. The first-order valence-corrected chi connectivity index (χ1v) is 8.36. The summed E-state index contributed by atoms with van der Waals surface area (Å²) in [5.74, 6) is 0. The third-order valence-corrected chi connectivity index (χ3v) is 5.28. The highest BCUT2D eigenvalue weighted by Gasteiger charge is 2.55. The first kappa shape index (κ1) is 16.2. The van der Waals surface area contributed by atoms with Crippen molar-refractivity contribution >= 4 is 0 Å². The highest BCUT2D eigenvalue weighted by atomic mass is 16.5. The number of unbranched alkanes of at least 4 members (excludes halogenated alkanes) is 3. The molecule has 1 spiro atoms. The van der Waals surface area contributed by atoms with Crippen molar-refractivity contribution in [3.8, 4) is 0 Å². The third kappa shape index (κ3) is 3.53. The second-order valence-corrected chi connectivity index (χ2v) is 6.41. The zero-order valence-electron chi connectivity index (χ0n) is 12.9. The summed E-state index contributed by atoms with van der Waals surface area (Å²) >= 11 is 0. The van der Waals surface area contributed by atoms with Gasteiger partial charge >= 0.3 is 0 Å². The largest absolute Gasteiger partial charge is 0.396 e. The minimum Gasteiger partial charge on any atom is -0.396 e. The van der Waals surface area contributed by atoms with Crippen molar-refractivity contribution in [2.45, 2.75) is 64.1 Å². The van der Waals surface area contributed by atoms with Crippen LogP contribution in [0.2, 0.25) is 0 Å². The SMILES string of the molecule is CCOC1CC(O)C12CCN(CCCCCCO)CC2. The second-order valence-electron chi connectivity index (χ2n) is 6.41. The predicted octanol–water partition coefficient (Wildman–Crippen LogP) is 1.79. The molecule has 1 heterocycles. The Labute approximate surface area is 123 Å². The highest BCUT2D eigenvalue weighted by molar-refractivity contribution is 5.06. The van der Waals surface area contributed by atoms with Crippen molar-refractivity contribution < 1.29 is 14.9 Å². The molecule has 20 heavy (non-hydrogen) atoms. The molecule has 4 heteroatoms. The highest BCUT2D eigenvalue weighted by Crippen LogP contribution is 2.50. The Kier molecular flexibility index (Phi) is 6.27. The van der Waals surface area contributed by atoms with Crippen LogP contribution in [0.3, 0.4) is 0 Å². The van der Waals surface area contributed by atoms with Crippen LogP contribution in [-0.4, -0.2) is 60.2 Å². The molecule has 0 aromatic carbocycles. The average molecular weight is 285 g/mol. The fourth-order valence-corrected chi connectivity index (χ4v) is 3.81. The van der Waals surface area contributed by atoms with Crippen LogP contribution in [0, 0.1) is 5.41 Å². The quantitative estimate of drug-likeness (QED) is 0.668. The van der Waals surface area contributed by atoms with Gasteiger partial charge in [0, 0.05) is 25.0 Å². The van der Waals surface area contributed by atoms with Gasteiger partial charge in [0.25, 0.3) is 0 Å². The van der Waals surface area contributed by atoms with E-state index in [9.17, 15) is 5.11 Å². The number of aliphatic hydroxyl groups excluding tert-OH is 2. The molecule has 0 aromatic rings. The van der Waals surface area contributed by atoms with E-state index in [1.807, 2.05) is 6.92 Å². The molecule has 2 atom stereocenters. The van der Waals surface area contributed by atoms with E-state index in [2.05, 4.69) is 4.90 Å². The van der Waals surface area contributed by atoms with Gasteiger partial charge in [-0.25, -0.2) is 0 Å². The molecule has 1 saturated heterocycles. The van der Waals surface area contributed by atoms with Crippen molar-refractivity contribution in [1.29, 1.82) is 0 Å². The van der Waals surface area contributed by atoms with E-state index in [-0.39, 0.29) is 17.6 Å². The smallest absolute Gasteiger partial charge is 0.0681 e. The van der Waals surface area contributed by atoms with Crippen molar-refractivity contribution in [3.05, 3.63) is 0 Å². The molecule has 2 rings (SSSR count). The Morgan fingerprint density at radius 3 is 2.45 bits per heavy atom. The number of hydrogen-bond donors (Lipinski definition) is 2. The van der Waals surface area contributed by atoms with Crippen LogP contribution in [0.15, 0.2) is 0 Å². The molecule has 0 radical (unpaired) electrons. The standard InChI is InChI=1S/C16H31NO3/c1-2-20-15-13-14(19)16(15)7-10-17(11-8-16)9-5-3-4-6-12-18/h14-15,18-19H,2-13H2,1H3. The molecule has 2 aliphatic rings. The predicted molar refractivity (Wildman–Crippen MR) is 79.7 cm³/mol. The van der Waals surface area contributed by atoms with Gasteiger partial charge in [0.15, 0.2) is 0 Å². The summed E-state index contributed by atoms with van der Waals surface area (Å²) in [6.45, 7) is 6.48. The van der Waals surface area contributed by atoms with Crippen LogP contribution in [0.25, 0.3) is 0 Å². The molecule has 2 unspecified atom stereocenters. The molecule has 0 amide bonds. The van der Waals surface area contributed by atoms with E-state index < -0.39 is 0 Å². The molecular weight excluding hydrogens is 254 g/mol. The summed E-state index contributed by atoms with van der Waals surface area (Å²) in [4.78, 5) is 2.53. The van der Waals surface area contributed by atoms with Gasteiger partial charge < -0.3 is 19.8 Å². The molecular formula is C16H31NO3. The number of piperidine rings is 1. The molecule has 0 aromatic heterocycles. The fraction of sp³-hybridized carbons (Fsp3) is 1.00. The van der Waals surface area contributed by atoms with Gasteiger partial charge in [-0.3, -0.25) is 0 Å². The van der Waals surface area contributed by atoms with Gasteiger partial charge in [0.2, 0.25) is 0 Å². The van der Waals surface area contributed by atoms with Crippen molar-refractivity contribution in [2.24, 2.45) is 5.41 Å². The molecule has 4 nitrogen and oxygen atoms in total. The lowest BCUT2D eigenvalue weighted by atomic mass is 9.58. The number of hydrogen-bond acceptors (Lipinski definition) is 4. The molecule has 1 saturated carbocycles. The summed E-state index contributed by atoms with van der Waals surface area (Å²) in [5, 5.41) is 18.9. The Bertz CT molecular complexity index is 275. The van der Waals surface area contributed by atoms with Crippen LogP contribution >= 0.6 is 0 Å². The topological polar surface area (TPSA) is 52.9 Å². The first-order chi connectivity index (χ1) is 9.73. The lowest BCUT2D eigenvalue weighted by Gasteiger charge is -2.56. The summed E-state index contributed by atoms with van der Waals surface area (Å²) in [6, 6.07) is 0. The van der Waals surface area contributed by atoms with Gasteiger partial charge in [-0.15, -0.1) is 0 Å². The number of nitrogens with zero attached hydrogens (tertiary/aromatic N) is 1. The zero-order valence-corrected chi connectivity index (χ0v) is 12.9. The summed E-state index contributed by atoms with van der Waals surface area (Å²) in [5.41, 5.74) is 0.0589. The van der Waals surface area contributed by atoms with Crippen LogP contribution in [0.1, 0.15) is 51.9 Å². The first-order valence-electron chi connectivity index (χ1n) is 8.36. The van der Waals surface area contributed by atoms with E-state index in [1.165, 1.54) is 12.8 Å². The molecule has 0 bridgehead atoms. The van der Waals surface area contributed by atoms with E-state index >= 15 is 0 Å². The maximum absolute atomic E-state index is 10.2. The minimum atomic E-state index is -0.147. The summed E-state index contributed by atoms with van der Waals surface area (Å²) in [6.07, 6.45) is 7.64. The van der Waals surface area contributed by atoms with E-state index in [4.69, 9.17) is 9.84 Å². The Hall–Kier alpha value is -0.160. The normalized spacial score (nSPS) is 29.6. The minimum absolute atomic E-state index is 0.0589. The van der Waals surface area contributed by atoms with Gasteiger partial charge in [0.05, 0.1) is 12.2 Å². The van der Waals surface area contributed by atoms with Crippen LogP contribution < -0.4 is 0 Å². The Balaban J connectivity index is 1.67. The summed E-state index contributed by atoms with van der Waals surface area (Å²) < 4.78 is 5.80. The van der Waals surface area contributed by atoms with Gasteiger partial charge in [-0.1, -0.05) is 12.8 Å². The van der Waals surface area contributed by atoms with E-state index in [1.54, 1.807) is 0 Å². The molecule has 118 valence electrons. The fourth-order valence-electron chi connectivity index (χ4n) is 3.81. The van der Waals surface area contributed by atoms with Gasteiger partial charge in [-0.2, -0.15) is 0 Å². The monoisotopic (exact) mass is 285 g/mol. The zero-order chi connectivity index (χ0) is 14.4.